The van der Waals surface area contributed by atoms with Gasteiger partial charge >= 0.3 is 6.03 Å². The van der Waals surface area contributed by atoms with Crippen molar-refractivity contribution in [2.45, 2.75) is 44.7 Å². The van der Waals surface area contributed by atoms with E-state index in [1.54, 1.807) is 0 Å². The molecule has 0 radical (unpaired) electrons. The van der Waals surface area contributed by atoms with Crippen molar-refractivity contribution in [3.8, 4) is 0 Å². The van der Waals surface area contributed by atoms with Crippen LogP contribution in [0.3, 0.4) is 0 Å². The van der Waals surface area contributed by atoms with Crippen LogP contribution in [-0.4, -0.2) is 60.8 Å². The largest absolute Gasteiger partial charge is 0.378 e. The van der Waals surface area contributed by atoms with Gasteiger partial charge in [0, 0.05) is 31.7 Å². The summed E-state index contributed by atoms with van der Waals surface area (Å²) in [5.41, 5.74) is 5.93. The minimum Gasteiger partial charge on any atom is -0.378 e. The SMILES string of the molecule is CCN(C(=O)N1CCOCC1)C1CCC(N)CC1. The van der Waals surface area contributed by atoms with Crippen molar-refractivity contribution in [1.82, 2.24) is 9.80 Å². The maximum Gasteiger partial charge on any atom is 0.320 e. The lowest BCUT2D eigenvalue weighted by Crippen LogP contribution is -2.52. The maximum absolute atomic E-state index is 12.5. The van der Waals surface area contributed by atoms with Gasteiger partial charge in [0.25, 0.3) is 0 Å². The molecule has 2 rings (SSSR count). The van der Waals surface area contributed by atoms with Crippen molar-refractivity contribution in [3.05, 3.63) is 0 Å². The summed E-state index contributed by atoms with van der Waals surface area (Å²) in [7, 11) is 0. The Morgan fingerprint density at radius 2 is 1.89 bits per heavy atom. The van der Waals surface area contributed by atoms with E-state index in [1.165, 1.54) is 0 Å². The Kier molecular flexibility index (Phi) is 4.83. The Bertz CT molecular complexity index is 271. The normalized spacial score (nSPS) is 29.1. The number of hydrogen-bond donors (Lipinski definition) is 1. The average Bonchev–Trinajstić information content (AvgIpc) is 2.42. The molecule has 2 amide bonds. The van der Waals surface area contributed by atoms with Gasteiger partial charge < -0.3 is 20.3 Å². The van der Waals surface area contributed by atoms with Crippen LogP contribution >= 0.6 is 0 Å². The van der Waals surface area contributed by atoms with Crippen molar-refractivity contribution in [2.24, 2.45) is 5.73 Å². The zero-order chi connectivity index (χ0) is 13.0. The van der Waals surface area contributed by atoms with E-state index in [-0.39, 0.29) is 6.03 Å². The molecule has 0 atom stereocenters. The van der Waals surface area contributed by atoms with Crippen LogP contribution in [0.5, 0.6) is 0 Å². The van der Waals surface area contributed by atoms with E-state index in [9.17, 15) is 4.79 Å². The monoisotopic (exact) mass is 255 g/mol. The van der Waals surface area contributed by atoms with Gasteiger partial charge in [-0.2, -0.15) is 0 Å². The molecule has 1 saturated carbocycles. The number of morpholine rings is 1. The molecule has 18 heavy (non-hydrogen) atoms. The quantitative estimate of drug-likeness (QED) is 0.802. The number of nitrogens with two attached hydrogens (primary N) is 1. The number of carbonyl (C=O) groups excluding carboxylic acids is 1. The van der Waals surface area contributed by atoms with E-state index in [0.29, 0.717) is 25.3 Å². The van der Waals surface area contributed by atoms with Crippen LogP contribution in [0.2, 0.25) is 0 Å². The lowest BCUT2D eigenvalue weighted by Gasteiger charge is -2.39. The van der Waals surface area contributed by atoms with E-state index in [2.05, 4.69) is 6.92 Å². The summed E-state index contributed by atoms with van der Waals surface area (Å²) >= 11 is 0. The Balaban J connectivity index is 1.92. The third-order valence-electron chi connectivity index (χ3n) is 4.05. The zero-order valence-electron chi connectivity index (χ0n) is 11.3. The van der Waals surface area contributed by atoms with Gasteiger partial charge in [-0.3, -0.25) is 0 Å². The van der Waals surface area contributed by atoms with Crippen molar-refractivity contribution in [2.75, 3.05) is 32.8 Å². The summed E-state index contributed by atoms with van der Waals surface area (Å²) < 4.78 is 5.29. The van der Waals surface area contributed by atoms with Crippen LogP contribution in [-0.2, 0) is 4.74 Å². The lowest BCUT2D eigenvalue weighted by atomic mass is 9.91. The molecule has 5 heteroatoms. The van der Waals surface area contributed by atoms with Crippen molar-refractivity contribution < 1.29 is 9.53 Å². The predicted molar refractivity (Wildman–Crippen MR) is 70.4 cm³/mol. The van der Waals surface area contributed by atoms with Crippen LogP contribution in [0, 0.1) is 0 Å². The van der Waals surface area contributed by atoms with Crippen LogP contribution in [0.15, 0.2) is 0 Å². The molecule has 0 unspecified atom stereocenters. The minimum atomic E-state index is 0.182. The fourth-order valence-corrected chi connectivity index (χ4v) is 2.90. The summed E-state index contributed by atoms with van der Waals surface area (Å²) in [4.78, 5) is 16.4. The number of hydrogen-bond acceptors (Lipinski definition) is 3. The molecule has 104 valence electrons. The van der Waals surface area contributed by atoms with Crippen molar-refractivity contribution in [1.29, 1.82) is 0 Å². The molecule has 2 N–H and O–H groups in total. The summed E-state index contributed by atoms with van der Waals surface area (Å²) in [6, 6.07) is 0.893. The van der Waals surface area contributed by atoms with Gasteiger partial charge in [-0.15, -0.1) is 0 Å². The van der Waals surface area contributed by atoms with Crippen LogP contribution in [0.1, 0.15) is 32.6 Å². The van der Waals surface area contributed by atoms with Gasteiger partial charge in [0.1, 0.15) is 0 Å². The van der Waals surface area contributed by atoms with Gasteiger partial charge in [0.15, 0.2) is 0 Å². The van der Waals surface area contributed by atoms with Gasteiger partial charge in [-0.25, -0.2) is 4.79 Å². The molecule has 0 aromatic heterocycles. The first-order valence-electron chi connectivity index (χ1n) is 7.11. The van der Waals surface area contributed by atoms with E-state index in [0.717, 1.165) is 45.3 Å². The van der Waals surface area contributed by atoms with Gasteiger partial charge in [-0.05, 0) is 32.6 Å². The number of carbonyl (C=O) groups is 1. The van der Waals surface area contributed by atoms with Crippen molar-refractivity contribution >= 4 is 6.03 Å². The standard InChI is InChI=1S/C13H25N3O2/c1-2-16(12-5-3-11(14)4-6-12)13(17)15-7-9-18-10-8-15/h11-12H,2-10,14H2,1H3. The highest BCUT2D eigenvalue weighted by Gasteiger charge is 2.29. The van der Waals surface area contributed by atoms with E-state index in [1.807, 2.05) is 9.80 Å². The Morgan fingerprint density at radius 1 is 1.28 bits per heavy atom. The molecule has 2 aliphatic rings. The fourth-order valence-electron chi connectivity index (χ4n) is 2.90. The maximum atomic E-state index is 12.5. The van der Waals surface area contributed by atoms with Crippen LogP contribution < -0.4 is 5.73 Å². The van der Waals surface area contributed by atoms with E-state index < -0.39 is 0 Å². The highest BCUT2D eigenvalue weighted by molar-refractivity contribution is 5.75. The third kappa shape index (κ3) is 3.14. The molecular weight excluding hydrogens is 230 g/mol. The smallest absolute Gasteiger partial charge is 0.320 e. The molecule has 0 aromatic rings. The molecule has 1 saturated heterocycles. The molecule has 0 aromatic carbocycles. The second-order valence-corrected chi connectivity index (χ2v) is 5.24. The molecule has 1 heterocycles. The minimum absolute atomic E-state index is 0.182. The second kappa shape index (κ2) is 6.38. The molecule has 1 aliphatic heterocycles. The zero-order valence-corrected chi connectivity index (χ0v) is 11.3. The fraction of sp³-hybridized carbons (Fsp3) is 0.923. The van der Waals surface area contributed by atoms with Crippen LogP contribution in [0.25, 0.3) is 0 Å². The molecule has 2 fully saturated rings. The predicted octanol–water partition coefficient (Wildman–Crippen LogP) is 1.03. The molecule has 5 nitrogen and oxygen atoms in total. The number of ether oxygens (including phenoxy) is 1. The second-order valence-electron chi connectivity index (χ2n) is 5.24. The highest BCUT2D eigenvalue weighted by Crippen LogP contribution is 2.23. The van der Waals surface area contributed by atoms with Gasteiger partial charge in [0.05, 0.1) is 13.2 Å². The van der Waals surface area contributed by atoms with E-state index in [4.69, 9.17) is 10.5 Å². The summed E-state index contributed by atoms with van der Waals surface area (Å²) in [5.74, 6) is 0. The molecule has 0 bridgehead atoms. The Hall–Kier alpha value is -0.810. The molecular formula is C13H25N3O2. The number of urea groups is 1. The Morgan fingerprint density at radius 3 is 2.44 bits per heavy atom. The Labute approximate surface area is 109 Å². The summed E-state index contributed by atoms with van der Waals surface area (Å²) in [5, 5.41) is 0. The summed E-state index contributed by atoms with van der Waals surface area (Å²) in [6.45, 7) is 5.63. The first kappa shape index (κ1) is 13.6. The highest BCUT2D eigenvalue weighted by atomic mass is 16.5. The topological polar surface area (TPSA) is 58.8 Å². The van der Waals surface area contributed by atoms with Crippen LogP contribution in [0.4, 0.5) is 4.79 Å². The number of rotatable bonds is 2. The first-order chi connectivity index (χ1) is 8.72. The average molecular weight is 255 g/mol. The molecule has 0 spiro atoms. The summed E-state index contributed by atoms with van der Waals surface area (Å²) in [6.07, 6.45) is 4.17. The van der Waals surface area contributed by atoms with Gasteiger partial charge in [0.2, 0.25) is 0 Å². The number of nitrogens with zero attached hydrogens (tertiary/aromatic N) is 2. The third-order valence-corrected chi connectivity index (χ3v) is 4.05. The van der Waals surface area contributed by atoms with Gasteiger partial charge in [-0.1, -0.05) is 0 Å². The molecule has 1 aliphatic carbocycles. The first-order valence-corrected chi connectivity index (χ1v) is 7.11. The lowest BCUT2D eigenvalue weighted by molar-refractivity contribution is 0.0373. The van der Waals surface area contributed by atoms with E-state index >= 15 is 0 Å². The number of amides is 2. The van der Waals surface area contributed by atoms with Crippen molar-refractivity contribution in [3.63, 3.8) is 0 Å².